The number of rotatable bonds is 4. The molecule has 1 heterocycles. The molecular weight excluding hydrogens is 409 g/mol. The van der Waals surface area contributed by atoms with E-state index in [9.17, 15) is 23.1 Å². The van der Waals surface area contributed by atoms with E-state index in [2.05, 4.69) is 10.3 Å². The van der Waals surface area contributed by atoms with E-state index in [1.807, 2.05) is 6.07 Å². The summed E-state index contributed by atoms with van der Waals surface area (Å²) in [6.45, 7) is 0. The predicted molar refractivity (Wildman–Crippen MR) is 109 cm³/mol. The molecule has 3 N–H and O–H groups in total. The van der Waals surface area contributed by atoms with E-state index in [4.69, 9.17) is 5.73 Å². The van der Waals surface area contributed by atoms with Crippen molar-refractivity contribution in [2.75, 3.05) is 5.73 Å². The lowest BCUT2D eigenvalue weighted by Crippen LogP contribution is -2.07. The Morgan fingerprint density at radius 2 is 1.65 bits per heavy atom. The van der Waals surface area contributed by atoms with Gasteiger partial charge in [0, 0.05) is 11.1 Å². The second kappa shape index (κ2) is 7.60. The number of halogens is 3. The first-order valence-electron chi connectivity index (χ1n) is 9.06. The van der Waals surface area contributed by atoms with Gasteiger partial charge in [-0.2, -0.15) is 13.2 Å². The van der Waals surface area contributed by atoms with Gasteiger partial charge in [-0.3, -0.25) is 0 Å². The Morgan fingerprint density at radius 1 is 0.968 bits per heavy atom. The van der Waals surface area contributed by atoms with Gasteiger partial charge in [0.15, 0.2) is 0 Å². The van der Waals surface area contributed by atoms with Crippen molar-refractivity contribution in [2.45, 2.75) is 6.18 Å². The molecule has 6 nitrogen and oxygen atoms in total. The topological polar surface area (TPSA) is 94.0 Å². The highest BCUT2D eigenvalue weighted by Crippen LogP contribution is 2.33. The summed E-state index contributed by atoms with van der Waals surface area (Å²) in [7, 11) is 0. The van der Waals surface area contributed by atoms with Crippen LogP contribution in [0.1, 0.15) is 15.9 Å². The van der Waals surface area contributed by atoms with Crippen molar-refractivity contribution in [3.8, 4) is 28.1 Å². The van der Waals surface area contributed by atoms with E-state index in [-0.39, 0.29) is 11.3 Å². The number of nitrogen functional groups attached to an aromatic ring is 1. The Hall–Kier alpha value is -4.14. The van der Waals surface area contributed by atoms with E-state index < -0.39 is 17.7 Å². The van der Waals surface area contributed by atoms with Crippen LogP contribution in [0.3, 0.4) is 0 Å². The van der Waals surface area contributed by atoms with Crippen molar-refractivity contribution in [1.29, 1.82) is 0 Å². The van der Waals surface area contributed by atoms with Gasteiger partial charge in [0.25, 0.3) is 0 Å². The summed E-state index contributed by atoms with van der Waals surface area (Å²) in [5.74, 6) is -1.19. The number of benzene rings is 3. The van der Waals surface area contributed by atoms with Gasteiger partial charge in [-0.05, 0) is 29.8 Å². The fraction of sp³-hybridized carbons (Fsp3) is 0.0455. The SMILES string of the molecule is Nc1c(C(=O)O)cc(-n2cc(-c3ccc(C(F)(F)F)cc3)nn2)cc1-c1ccccc1. The number of carboxylic acid groups (broad SMARTS) is 1. The number of nitrogens with two attached hydrogens (primary N) is 1. The van der Waals surface area contributed by atoms with Crippen molar-refractivity contribution in [1.82, 2.24) is 15.0 Å². The average Bonchev–Trinajstić information content (AvgIpc) is 3.24. The van der Waals surface area contributed by atoms with Crippen molar-refractivity contribution in [3.63, 3.8) is 0 Å². The number of alkyl halides is 3. The number of aromatic carboxylic acids is 1. The molecular formula is C22H15F3N4O2. The van der Waals surface area contributed by atoms with Crippen LogP contribution in [0, 0.1) is 0 Å². The second-order valence-electron chi connectivity index (χ2n) is 6.75. The highest BCUT2D eigenvalue weighted by atomic mass is 19.4. The smallest absolute Gasteiger partial charge is 0.416 e. The minimum absolute atomic E-state index is 0.0945. The zero-order chi connectivity index (χ0) is 22.2. The van der Waals surface area contributed by atoms with Gasteiger partial charge >= 0.3 is 12.1 Å². The molecule has 0 bridgehead atoms. The van der Waals surface area contributed by atoms with E-state index in [0.29, 0.717) is 22.5 Å². The number of hydrogen-bond acceptors (Lipinski definition) is 4. The Balaban J connectivity index is 1.76. The van der Waals surface area contributed by atoms with Crippen LogP contribution in [0.5, 0.6) is 0 Å². The molecule has 0 aliphatic heterocycles. The van der Waals surface area contributed by atoms with Gasteiger partial charge in [-0.15, -0.1) is 5.10 Å². The summed E-state index contributed by atoms with van der Waals surface area (Å²) >= 11 is 0. The van der Waals surface area contributed by atoms with Crippen LogP contribution < -0.4 is 5.73 Å². The Morgan fingerprint density at radius 3 is 2.26 bits per heavy atom. The van der Waals surface area contributed by atoms with E-state index in [0.717, 1.165) is 17.7 Å². The molecule has 0 aliphatic rings. The maximum absolute atomic E-state index is 12.8. The molecule has 31 heavy (non-hydrogen) atoms. The molecule has 0 saturated carbocycles. The van der Waals surface area contributed by atoms with Gasteiger partial charge in [0.2, 0.25) is 0 Å². The van der Waals surface area contributed by atoms with Crippen LogP contribution in [-0.2, 0) is 6.18 Å². The molecule has 4 rings (SSSR count). The monoisotopic (exact) mass is 424 g/mol. The molecule has 0 saturated heterocycles. The normalized spacial score (nSPS) is 11.5. The molecule has 0 fully saturated rings. The first-order valence-corrected chi connectivity index (χ1v) is 9.06. The standard InChI is InChI=1S/C22H15F3N4O2/c23-22(24,25)15-8-6-14(7-9-15)19-12-29(28-27-19)16-10-17(13-4-2-1-3-5-13)20(26)18(11-16)21(30)31/h1-12H,26H2,(H,30,31). The van der Waals surface area contributed by atoms with Gasteiger partial charge < -0.3 is 10.8 Å². The first kappa shape index (κ1) is 20.1. The highest BCUT2D eigenvalue weighted by Gasteiger charge is 2.30. The molecule has 0 radical (unpaired) electrons. The lowest BCUT2D eigenvalue weighted by molar-refractivity contribution is -0.137. The van der Waals surface area contributed by atoms with Crippen molar-refractivity contribution < 1.29 is 23.1 Å². The van der Waals surface area contributed by atoms with Crippen LogP contribution in [0.15, 0.2) is 72.9 Å². The zero-order valence-electron chi connectivity index (χ0n) is 15.8. The van der Waals surface area contributed by atoms with E-state index in [1.165, 1.54) is 29.1 Å². The highest BCUT2D eigenvalue weighted by molar-refractivity contribution is 5.99. The summed E-state index contributed by atoms with van der Waals surface area (Å²) in [5, 5.41) is 17.6. The lowest BCUT2D eigenvalue weighted by atomic mass is 9.99. The third-order valence-electron chi connectivity index (χ3n) is 4.75. The maximum Gasteiger partial charge on any atom is 0.416 e. The summed E-state index contributed by atoms with van der Waals surface area (Å²) in [6.07, 6.45) is -2.92. The van der Waals surface area contributed by atoms with Gasteiger partial charge in [-0.1, -0.05) is 47.7 Å². The molecule has 3 aromatic carbocycles. The molecule has 9 heteroatoms. The van der Waals surface area contributed by atoms with E-state index >= 15 is 0 Å². The molecule has 0 atom stereocenters. The maximum atomic E-state index is 12.8. The van der Waals surface area contributed by atoms with Crippen molar-refractivity contribution in [2.24, 2.45) is 0 Å². The number of hydrogen-bond donors (Lipinski definition) is 2. The third-order valence-corrected chi connectivity index (χ3v) is 4.75. The van der Waals surface area contributed by atoms with Gasteiger partial charge in [0.05, 0.1) is 28.7 Å². The number of aromatic nitrogens is 3. The molecule has 1 aromatic heterocycles. The molecule has 0 aliphatic carbocycles. The van der Waals surface area contributed by atoms with Crippen LogP contribution in [0.4, 0.5) is 18.9 Å². The number of carboxylic acids is 1. The van der Waals surface area contributed by atoms with Crippen LogP contribution in [0.2, 0.25) is 0 Å². The number of nitrogens with zero attached hydrogens (tertiary/aromatic N) is 3. The third kappa shape index (κ3) is 3.97. The molecule has 4 aromatic rings. The summed E-state index contributed by atoms with van der Waals surface area (Å²) in [5.41, 5.74) is 7.77. The van der Waals surface area contributed by atoms with Crippen molar-refractivity contribution in [3.05, 3.63) is 84.1 Å². The van der Waals surface area contributed by atoms with E-state index in [1.54, 1.807) is 30.3 Å². The fourth-order valence-electron chi connectivity index (χ4n) is 3.16. The van der Waals surface area contributed by atoms with Crippen LogP contribution >= 0.6 is 0 Å². The second-order valence-corrected chi connectivity index (χ2v) is 6.75. The Kier molecular flexibility index (Phi) is 4.94. The Bertz CT molecular complexity index is 1250. The largest absolute Gasteiger partial charge is 0.478 e. The zero-order valence-corrected chi connectivity index (χ0v) is 15.8. The molecule has 0 unspecified atom stereocenters. The molecule has 0 amide bonds. The Labute approximate surface area is 174 Å². The summed E-state index contributed by atoms with van der Waals surface area (Å²) in [4.78, 5) is 11.7. The van der Waals surface area contributed by atoms with Gasteiger partial charge in [-0.25, -0.2) is 9.48 Å². The minimum atomic E-state index is -4.43. The average molecular weight is 424 g/mol. The predicted octanol–water partition coefficient (Wildman–Crippen LogP) is 4.90. The number of carbonyl (C=O) groups is 1. The number of anilines is 1. The molecule has 0 spiro atoms. The fourth-order valence-corrected chi connectivity index (χ4v) is 3.16. The molecule has 156 valence electrons. The van der Waals surface area contributed by atoms with Gasteiger partial charge in [0.1, 0.15) is 5.69 Å². The van der Waals surface area contributed by atoms with Crippen LogP contribution in [-0.4, -0.2) is 26.1 Å². The first-order chi connectivity index (χ1) is 14.7. The summed E-state index contributed by atoms with van der Waals surface area (Å²) in [6, 6.07) is 16.6. The summed E-state index contributed by atoms with van der Waals surface area (Å²) < 4.78 is 39.7. The van der Waals surface area contributed by atoms with Crippen molar-refractivity contribution >= 4 is 11.7 Å². The quantitative estimate of drug-likeness (QED) is 0.455. The minimum Gasteiger partial charge on any atom is -0.478 e. The van der Waals surface area contributed by atoms with Crippen LogP contribution in [0.25, 0.3) is 28.1 Å². The lowest BCUT2D eigenvalue weighted by Gasteiger charge is -2.12.